The Balaban J connectivity index is 1.35. The van der Waals surface area contributed by atoms with E-state index < -0.39 is 11.8 Å². The summed E-state index contributed by atoms with van der Waals surface area (Å²) in [4.78, 5) is 41.5. The topological polar surface area (TPSA) is 110 Å². The molecular weight excluding hydrogens is 530 g/mol. The smallest absolute Gasteiger partial charge is 0.278 e. The molecule has 4 aromatic rings. The summed E-state index contributed by atoms with van der Waals surface area (Å²) in [6.45, 7) is 0.0127. The van der Waals surface area contributed by atoms with Crippen LogP contribution in [0.5, 0.6) is 11.5 Å². The van der Waals surface area contributed by atoms with E-state index in [-0.39, 0.29) is 23.1 Å². The zero-order valence-electron chi connectivity index (χ0n) is 21.7. The van der Waals surface area contributed by atoms with Crippen LogP contribution in [0, 0.1) is 0 Å². The van der Waals surface area contributed by atoms with Crippen molar-refractivity contribution in [3.63, 3.8) is 0 Å². The van der Waals surface area contributed by atoms with Crippen molar-refractivity contribution in [2.75, 3.05) is 24.9 Å². The third kappa shape index (κ3) is 5.87. The lowest BCUT2D eigenvalue weighted by atomic mass is 10.2. The number of rotatable bonds is 10. The Kier molecular flexibility index (Phi) is 7.88. The van der Waals surface area contributed by atoms with Gasteiger partial charge in [-0.2, -0.15) is 0 Å². The maximum atomic E-state index is 13.4. The second-order valence-electron chi connectivity index (χ2n) is 8.64. The third-order valence-electron chi connectivity index (χ3n) is 6.06. The van der Waals surface area contributed by atoms with Gasteiger partial charge in [-0.1, -0.05) is 11.8 Å². The van der Waals surface area contributed by atoms with E-state index in [1.165, 1.54) is 18.0 Å². The molecule has 9 nitrogen and oxygen atoms in total. The van der Waals surface area contributed by atoms with E-state index in [1.807, 2.05) is 0 Å². The highest BCUT2D eigenvalue weighted by atomic mass is 32.2. The Hall–Kier alpha value is -4.96. The molecule has 40 heavy (non-hydrogen) atoms. The number of imide groups is 1. The van der Waals surface area contributed by atoms with E-state index in [4.69, 9.17) is 13.9 Å². The summed E-state index contributed by atoms with van der Waals surface area (Å²) in [5.74, 6) is 0.676. The molecule has 3 aromatic carbocycles. The van der Waals surface area contributed by atoms with Crippen molar-refractivity contribution < 1.29 is 28.3 Å². The van der Waals surface area contributed by atoms with Gasteiger partial charge >= 0.3 is 0 Å². The molecule has 2 heterocycles. The maximum absolute atomic E-state index is 13.4. The first-order chi connectivity index (χ1) is 19.4. The molecule has 0 saturated carbocycles. The molecule has 0 spiro atoms. The molecule has 0 saturated heterocycles. The zero-order valence-corrected chi connectivity index (χ0v) is 22.5. The summed E-state index contributed by atoms with van der Waals surface area (Å²) in [7, 11) is 3.13. The molecule has 0 atom stereocenters. The number of hydrogen-bond donors (Lipinski definition) is 2. The van der Waals surface area contributed by atoms with Crippen LogP contribution < -0.4 is 20.1 Å². The van der Waals surface area contributed by atoms with Crippen LogP contribution in [0.3, 0.4) is 0 Å². The fourth-order valence-electron chi connectivity index (χ4n) is 3.95. The highest BCUT2D eigenvalue weighted by molar-refractivity contribution is 8.04. The summed E-state index contributed by atoms with van der Waals surface area (Å²) in [5, 5.41) is 5.96. The van der Waals surface area contributed by atoms with Crippen LogP contribution in [0.15, 0.2) is 111 Å². The molecule has 202 valence electrons. The SMILES string of the molecule is COc1ccc(NC2=C(Sc3ccc(NC(=O)c4ccc(OC)cc4)cc3)C(=O)N(Cc3ccco3)C2=O)cc1. The predicted molar refractivity (Wildman–Crippen MR) is 151 cm³/mol. The minimum Gasteiger partial charge on any atom is -0.497 e. The third-order valence-corrected chi connectivity index (χ3v) is 7.15. The number of benzene rings is 3. The van der Waals surface area contributed by atoms with Gasteiger partial charge in [0.2, 0.25) is 0 Å². The summed E-state index contributed by atoms with van der Waals surface area (Å²) >= 11 is 1.17. The largest absolute Gasteiger partial charge is 0.497 e. The molecule has 5 rings (SSSR count). The van der Waals surface area contributed by atoms with Crippen molar-refractivity contribution in [2.45, 2.75) is 11.4 Å². The number of nitrogens with one attached hydrogen (secondary N) is 2. The van der Waals surface area contributed by atoms with E-state index >= 15 is 0 Å². The molecule has 1 aliphatic rings. The van der Waals surface area contributed by atoms with Crippen LogP contribution in [0.25, 0.3) is 0 Å². The molecule has 0 fully saturated rings. The molecule has 3 amide bonds. The van der Waals surface area contributed by atoms with Gasteiger partial charge < -0.3 is 24.5 Å². The number of anilines is 2. The molecular formula is C30H25N3O6S. The van der Waals surface area contributed by atoms with Crippen LogP contribution in [0.1, 0.15) is 16.1 Å². The lowest BCUT2D eigenvalue weighted by Gasteiger charge is -2.13. The van der Waals surface area contributed by atoms with Gasteiger partial charge in [-0.25, -0.2) is 0 Å². The van der Waals surface area contributed by atoms with Crippen molar-refractivity contribution in [2.24, 2.45) is 0 Å². The Bertz CT molecular complexity index is 1550. The van der Waals surface area contributed by atoms with Crippen molar-refractivity contribution >= 4 is 40.9 Å². The molecule has 0 aliphatic carbocycles. The molecule has 1 aromatic heterocycles. The van der Waals surface area contributed by atoms with Crippen LogP contribution in [-0.4, -0.2) is 36.8 Å². The Labute approximate surface area is 234 Å². The summed E-state index contributed by atoms with van der Waals surface area (Å²) < 4.78 is 15.7. The van der Waals surface area contributed by atoms with Crippen LogP contribution in [-0.2, 0) is 16.1 Å². The van der Waals surface area contributed by atoms with Gasteiger partial charge in [0.25, 0.3) is 17.7 Å². The normalized spacial score (nSPS) is 13.0. The van der Waals surface area contributed by atoms with Gasteiger partial charge in [0.1, 0.15) is 27.9 Å². The standard InChI is InChI=1S/C30H25N3O6S/c1-37-22-11-5-19(6-12-22)28(34)32-21-9-15-25(16-10-21)40-27-26(31-20-7-13-23(38-2)14-8-20)29(35)33(30(27)36)18-24-4-3-17-39-24/h3-17,31H,18H2,1-2H3,(H,32,34). The Morgan fingerprint density at radius 1 is 0.825 bits per heavy atom. The second kappa shape index (κ2) is 11.8. The number of hydrogen-bond acceptors (Lipinski definition) is 8. The maximum Gasteiger partial charge on any atom is 0.278 e. The number of thioether (sulfide) groups is 1. The number of ether oxygens (including phenoxy) is 2. The molecule has 1 aliphatic heterocycles. The van der Waals surface area contributed by atoms with Gasteiger partial charge in [-0.3, -0.25) is 19.3 Å². The average Bonchev–Trinajstić information content (AvgIpc) is 3.58. The highest BCUT2D eigenvalue weighted by Gasteiger charge is 2.39. The number of carbonyl (C=O) groups excluding carboxylic acids is 3. The summed E-state index contributed by atoms with van der Waals surface area (Å²) in [5.41, 5.74) is 1.88. The molecule has 0 radical (unpaired) electrons. The van der Waals surface area contributed by atoms with Crippen LogP contribution >= 0.6 is 11.8 Å². The minimum absolute atomic E-state index is 0.0127. The summed E-state index contributed by atoms with van der Waals surface area (Å²) in [6, 6.07) is 24.3. The Morgan fingerprint density at radius 3 is 2.05 bits per heavy atom. The van der Waals surface area contributed by atoms with Crippen LogP contribution in [0.2, 0.25) is 0 Å². The van der Waals surface area contributed by atoms with Gasteiger partial charge in [-0.05, 0) is 84.9 Å². The first-order valence-corrected chi connectivity index (χ1v) is 13.0. The molecule has 10 heteroatoms. The zero-order chi connectivity index (χ0) is 28.1. The monoisotopic (exact) mass is 555 g/mol. The van der Waals surface area contributed by atoms with Crippen molar-refractivity contribution in [1.29, 1.82) is 0 Å². The fourth-order valence-corrected chi connectivity index (χ4v) is 4.90. The minimum atomic E-state index is -0.455. The lowest BCUT2D eigenvalue weighted by molar-refractivity contribution is -0.138. The number of methoxy groups -OCH3 is 2. The number of carbonyl (C=O) groups is 3. The molecule has 2 N–H and O–H groups in total. The Morgan fingerprint density at radius 2 is 1.45 bits per heavy atom. The second-order valence-corrected chi connectivity index (χ2v) is 9.73. The summed E-state index contributed by atoms with van der Waals surface area (Å²) in [6.07, 6.45) is 1.49. The number of furan rings is 1. The van der Waals surface area contributed by atoms with Gasteiger partial charge in [0.05, 0.1) is 27.0 Å². The lowest BCUT2D eigenvalue weighted by Crippen LogP contribution is -2.31. The highest BCUT2D eigenvalue weighted by Crippen LogP contribution is 2.37. The van der Waals surface area contributed by atoms with Gasteiger partial charge in [0, 0.05) is 21.8 Å². The quantitative estimate of drug-likeness (QED) is 0.246. The first-order valence-electron chi connectivity index (χ1n) is 12.2. The van der Waals surface area contributed by atoms with Gasteiger partial charge in [-0.15, -0.1) is 0 Å². The predicted octanol–water partition coefficient (Wildman–Crippen LogP) is 5.53. The molecule has 0 unspecified atom stereocenters. The van der Waals surface area contributed by atoms with E-state index in [2.05, 4.69) is 10.6 Å². The van der Waals surface area contributed by atoms with Crippen molar-refractivity contribution in [3.05, 3.63) is 113 Å². The number of nitrogens with zero attached hydrogens (tertiary/aromatic N) is 1. The van der Waals surface area contributed by atoms with Crippen molar-refractivity contribution in [3.8, 4) is 11.5 Å². The number of amides is 3. The first kappa shape index (κ1) is 26.6. The molecule has 0 bridgehead atoms. The van der Waals surface area contributed by atoms with E-state index in [9.17, 15) is 14.4 Å². The van der Waals surface area contributed by atoms with E-state index in [0.29, 0.717) is 39.1 Å². The van der Waals surface area contributed by atoms with Crippen molar-refractivity contribution in [1.82, 2.24) is 4.90 Å². The fraction of sp³-hybridized carbons (Fsp3) is 0.100. The average molecular weight is 556 g/mol. The van der Waals surface area contributed by atoms with E-state index in [0.717, 1.165) is 4.90 Å². The van der Waals surface area contributed by atoms with Gasteiger partial charge in [0.15, 0.2) is 0 Å². The van der Waals surface area contributed by atoms with Crippen LogP contribution in [0.4, 0.5) is 11.4 Å². The van der Waals surface area contributed by atoms with E-state index in [1.54, 1.807) is 99.1 Å².